The zero-order chi connectivity index (χ0) is 16.3. The van der Waals surface area contributed by atoms with Gasteiger partial charge in [-0.1, -0.05) is 41.0 Å². The Kier molecular flexibility index (Phi) is 6.31. The van der Waals surface area contributed by atoms with Crippen LogP contribution in [0.3, 0.4) is 0 Å². The van der Waals surface area contributed by atoms with Crippen LogP contribution in [0, 0.1) is 29.6 Å². The summed E-state index contributed by atoms with van der Waals surface area (Å²) in [6.07, 6.45) is 4.62. The van der Waals surface area contributed by atoms with Gasteiger partial charge in [-0.3, -0.25) is 4.79 Å². The number of ether oxygens (including phenoxy) is 1. The van der Waals surface area contributed by atoms with Gasteiger partial charge in [-0.15, -0.1) is 0 Å². The van der Waals surface area contributed by atoms with Crippen molar-refractivity contribution < 1.29 is 9.53 Å². The lowest BCUT2D eigenvalue weighted by molar-refractivity contribution is -0.143. The maximum atomic E-state index is 13.3. The van der Waals surface area contributed by atoms with E-state index in [1.807, 2.05) is 0 Å². The summed E-state index contributed by atoms with van der Waals surface area (Å²) in [5, 5.41) is 0. The van der Waals surface area contributed by atoms with Crippen molar-refractivity contribution >= 4 is 5.91 Å². The van der Waals surface area contributed by atoms with E-state index in [1.165, 1.54) is 12.8 Å². The molecule has 4 atom stereocenters. The number of rotatable bonds is 5. The van der Waals surface area contributed by atoms with Crippen molar-refractivity contribution in [2.24, 2.45) is 29.6 Å². The molecular formula is C19H35NO2. The van der Waals surface area contributed by atoms with E-state index in [-0.39, 0.29) is 5.92 Å². The first-order valence-electron chi connectivity index (χ1n) is 9.33. The second-order valence-corrected chi connectivity index (χ2v) is 8.06. The Labute approximate surface area is 136 Å². The molecule has 3 nitrogen and oxygen atoms in total. The predicted octanol–water partition coefficient (Wildman–Crippen LogP) is 3.97. The lowest BCUT2D eigenvalue weighted by atomic mass is 9.79. The molecular weight excluding hydrogens is 274 g/mol. The van der Waals surface area contributed by atoms with Gasteiger partial charge in [0, 0.05) is 25.1 Å². The van der Waals surface area contributed by atoms with Crippen molar-refractivity contribution in [1.82, 2.24) is 4.90 Å². The number of likely N-dealkylation sites (tertiary alicyclic amines) is 1. The van der Waals surface area contributed by atoms with E-state index in [2.05, 4.69) is 39.5 Å². The Bertz CT molecular complexity index is 360. The van der Waals surface area contributed by atoms with Crippen molar-refractivity contribution in [1.29, 1.82) is 0 Å². The van der Waals surface area contributed by atoms with Gasteiger partial charge in [0.1, 0.15) is 0 Å². The Balaban J connectivity index is 2.14. The highest BCUT2D eigenvalue weighted by Gasteiger charge is 2.42. The molecule has 2 rings (SSSR count). The van der Waals surface area contributed by atoms with Crippen LogP contribution in [0.1, 0.15) is 60.3 Å². The lowest BCUT2D eigenvalue weighted by Gasteiger charge is -2.37. The number of amides is 1. The monoisotopic (exact) mass is 309 g/mol. The zero-order valence-corrected chi connectivity index (χ0v) is 15.2. The first kappa shape index (κ1) is 17.8. The topological polar surface area (TPSA) is 29.5 Å². The second-order valence-electron chi connectivity index (χ2n) is 8.06. The van der Waals surface area contributed by atoms with Crippen LogP contribution in [0.25, 0.3) is 0 Å². The van der Waals surface area contributed by atoms with Gasteiger partial charge in [-0.2, -0.15) is 0 Å². The summed E-state index contributed by atoms with van der Waals surface area (Å²) < 4.78 is 5.67. The molecule has 0 aromatic rings. The van der Waals surface area contributed by atoms with Crippen LogP contribution in [-0.2, 0) is 9.53 Å². The Morgan fingerprint density at radius 2 is 2.00 bits per heavy atom. The molecule has 2 fully saturated rings. The number of hydrogen-bond acceptors (Lipinski definition) is 2. The van der Waals surface area contributed by atoms with Gasteiger partial charge in [0.05, 0.1) is 6.61 Å². The Morgan fingerprint density at radius 1 is 1.27 bits per heavy atom. The summed E-state index contributed by atoms with van der Waals surface area (Å²) >= 11 is 0. The van der Waals surface area contributed by atoms with Crippen LogP contribution < -0.4 is 0 Å². The largest absolute Gasteiger partial charge is 0.381 e. The molecule has 2 saturated heterocycles. The molecule has 0 saturated carbocycles. The van der Waals surface area contributed by atoms with E-state index >= 15 is 0 Å². The van der Waals surface area contributed by atoms with Crippen molar-refractivity contribution in [2.45, 2.75) is 66.3 Å². The molecule has 22 heavy (non-hydrogen) atoms. The molecule has 0 N–H and O–H groups in total. The minimum absolute atomic E-state index is 0.136. The lowest BCUT2D eigenvalue weighted by Crippen LogP contribution is -2.47. The van der Waals surface area contributed by atoms with E-state index < -0.39 is 0 Å². The number of hydrogen-bond donors (Lipinski definition) is 0. The zero-order valence-electron chi connectivity index (χ0n) is 15.2. The van der Waals surface area contributed by atoms with Crippen molar-refractivity contribution in [3.05, 3.63) is 0 Å². The molecule has 0 radical (unpaired) electrons. The molecule has 1 amide bonds. The molecule has 0 aliphatic carbocycles. The summed E-state index contributed by atoms with van der Waals surface area (Å²) in [5.74, 6) is 2.59. The smallest absolute Gasteiger partial charge is 0.226 e. The summed E-state index contributed by atoms with van der Waals surface area (Å²) in [7, 11) is 0. The third kappa shape index (κ3) is 3.84. The fourth-order valence-electron chi connectivity index (χ4n) is 4.41. The molecule has 128 valence electrons. The van der Waals surface area contributed by atoms with Gasteiger partial charge in [0.25, 0.3) is 0 Å². The average Bonchev–Trinajstić information content (AvgIpc) is 2.92. The normalized spacial score (nSPS) is 31.0. The molecule has 0 spiro atoms. The van der Waals surface area contributed by atoms with Crippen molar-refractivity contribution in [2.75, 3.05) is 19.8 Å². The minimum atomic E-state index is 0.136. The molecule has 2 aliphatic rings. The standard InChI is InChI=1S/C19H35NO2/c1-6-15-10-17(13(2)3)20(11-15)19(21)18(14(4)5)16-8-7-9-22-12-16/h13-18H,6-12H2,1-5H3/t15?,16?,17-,18?/m0/s1. The minimum Gasteiger partial charge on any atom is -0.381 e. The van der Waals surface area contributed by atoms with Crippen LogP contribution in [0.4, 0.5) is 0 Å². The Morgan fingerprint density at radius 3 is 2.50 bits per heavy atom. The van der Waals surface area contributed by atoms with Crippen LogP contribution in [-0.4, -0.2) is 36.6 Å². The molecule has 0 aromatic carbocycles. The van der Waals surface area contributed by atoms with E-state index in [1.54, 1.807) is 0 Å². The highest BCUT2D eigenvalue weighted by molar-refractivity contribution is 5.80. The highest BCUT2D eigenvalue weighted by atomic mass is 16.5. The fraction of sp³-hybridized carbons (Fsp3) is 0.947. The van der Waals surface area contributed by atoms with E-state index in [0.29, 0.717) is 35.6 Å². The molecule has 2 heterocycles. The van der Waals surface area contributed by atoms with Crippen molar-refractivity contribution in [3.8, 4) is 0 Å². The first-order valence-corrected chi connectivity index (χ1v) is 9.33. The van der Waals surface area contributed by atoms with E-state index in [0.717, 1.165) is 32.6 Å². The van der Waals surface area contributed by atoms with Crippen LogP contribution in [0.2, 0.25) is 0 Å². The van der Waals surface area contributed by atoms with E-state index in [9.17, 15) is 4.79 Å². The maximum Gasteiger partial charge on any atom is 0.226 e. The third-order valence-electron chi connectivity index (χ3n) is 5.77. The summed E-state index contributed by atoms with van der Waals surface area (Å²) in [4.78, 5) is 15.6. The average molecular weight is 309 g/mol. The molecule has 2 aliphatic heterocycles. The quantitative estimate of drug-likeness (QED) is 0.769. The Hall–Kier alpha value is -0.570. The SMILES string of the molecule is CCC1C[C@@H](C(C)C)N(C(=O)C(C(C)C)C2CCCOC2)C1. The first-order chi connectivity index (χ1) is 10.5. The van der Waals surface area contributed by atoms with Gasteiger partial charge in [0.2, 0.25) is 5.91 Å². The van der Waals surface area contributed by atoms with E-state index in [4.69, 9.17) is 4.74 Å². The molecule has 0 aromatic heterocycles. The highest BCUT2D eigenvalue weighted by Crippen LogP contribution is 2.36. The summed E-state index contributed by atoms with van der Waals surface area (Å²) in [6.45, 7) is 13.8. The fourth-order valence-corrected chi connectivity index (χ4v) is 4.41. The summed E-state index contributed by atoms with van der Waals surface area (Å²) in [5.41, 5.74) is 0. The molecule has 3 unspecified atom stereocenters. The van der Waals surface area contributed by atoms with Crippen molar-refractivity contribution in [3.63, 3.8) is 0 Å². The second kappa shape index (κ2) is 7.81. The number of carbonyl (C=O) groups excluding carboxylic acids is 1. The van der Waals surface area contributed by atoms with Crippen LogP contribution >= 0.6 is 0 Å². The van der Waals surface area contributed by atoms with Gasteiger partial charge >= 0.3 is 0 Å². The predicted molar refractivity (Wildman–Crippen MR) is 90.6 cm³/mol. The maximum absolute atomic E-state index is 13.3. The third-order valence-corrected chi connectivity index (χ3v) is 5.77. The molecule has 0 bridgehead atoms. The number of carbonyl (C=O) groups is 1. The summed E-state index contributed by atoms with van der Waals surface area (Å²) in [6, 6.07) is 0.434. The van der Waals surface area contributed by atoms with Crippen LogP contribution in [0.15, 0.2) is 0 Å². The molecule has 3 heteroatoms. The van der Waals surface area contributed by atoms with Gasteiger partial charge in [0.15, 0.2) is 0 Å². The van der Waals surface area contributed by atoms with Gasteiger partial charge < -0.3 is 9.64 Å². The van der Waals surface area contributed by atoms with Gasteiger partial charge in [-0.05, 0) is 42.9 Å². The van der Waals surface area contributed by atoms with Crippen LogP contribution in [0.5, 0.6) is 0 Å². The number of nitrogens with zero attached hydrogens (tertiary/aromatic N) is 1. The van der Waals surface area contributed by atoms with Gasteiger partial charge in [-0.25, -0.2) is 0 Å².